The minimum Gasteiger partial charge on any atom is -0.480 e. The lowest BCUT2D eigenvalue weighted by Gasteiger charge is -2.07. The molecule has 6 N–H and O–H groups in total. The number of carboxylic acid groups (broad SMARTS) is 2. The highest BCUT2D eigenvalue weighted by Gasteiger charge is 2.39. The van der Waals surface area contributed by atoms with Gasteiger partial charge in [-0.15, -0.1) is 0 Å². The second kappa shape index (κ2) is 7.56. The van der Waals surface area contributed by atoms with Crippen molar-refractivity contribution in [3.63, 3.8) is 0 Å². The normalized spacial score (nSPS) is 29.5. The minimum atomic E-state index is -0.913. The van der Waals surface area contributed by atoms with Crippen molar-refractivity contribution in [1.29, 1.82) is 0 Å². The predicted molar refractivity (Wildman–Crippen MR) is 74.4 cm³/mol. The third-order valence-electron chi connectivity index (χ3n) is 3.63. The lowest BCUT2D eigenvalue weighted by molar-refractivity contribution is -0.140. The van der Waals surface area contributed by atoms with Gasteiger partial charge in [-0.05, 0) is 31.2 Å². The van der Waals surface area contributed by atoms with Crippen molar-refractivity contribution >= 4 is 11.9 Å². The molecule has 4 atom stereocenters. The van der Waals surface area contributed by atoms with E-state index in [4.69, 9.17) is 15.9 Å². The summed E-state index contributed by atoms with van der Waals surface area (Å²) < 4.78 is 0. The Kier molecular flexibility index (Phi) is 6.38. The largest absolute Gasteiger partial charge is 0.480 e. The second-order valence-electron chi connectivity index (χ2n) is 5.89. The Morgan fingerprint density at radius 2 is 1.95 bits per heavy atom. The maximum absolute atomic E-state index is 10.5. The van der Waals surface area contributed by atoms with Crippen LogP contribution in [0.25, 0.3) is 0 Å². The van der Waals surface area contributed by atoms with Gasteiger partial charge in [0.2, 0.25) is 0 Å². The molecule has 0 amide bonds. The molecule has 116 valence electrons. The first-order chi connectivity index (χ1) is 9.31. The van der Waals surface area contributed by atoms with Gasteiger partial charge in [-0.25, -0.2) is 0 Å². The fraction of sp³-hybridized carbons (Fsp3) is 0.846. The molecule has 7 nitrogen and oxygen atoms in total. The van der Waals surface area contributed by atoms with Gasteiger partial charge in [0.05, 0.1) is 0 Å². The number of carboxylic acids is 2. The van der Waals surface area contributed by atoms with Crippen molar-refractivity contribution in [2.75, 3.05) is 13.1 Å². The first-order valence-corrected chi connectivity index (χ1v) is 6.99. The van der Waals surface area contributed by atoms with E-state index in [1.165, 1.54) is 0 Å². The summed E-state index contributed by atoms with van der Waals surface area (Å²) >= 11 is 0. The number of fused-ring (bicyclic) bond motifs is 1. The molecule has 0 aromatic rings. The van der Waals surface area contributed by atoms with E-state index in [1.54, 1.807) is 0 Å². The monoisotopic (exact) mass is 287 g/mol. The van der Waals surface area contributed by atoms with E-state index in [2.05, 4.69) is 10.6 Å². The highest BCUT2D eigenvalue weighted by atomic mass is 16.4. The van der Waals surface area contributed by atoms with Crippen molar-refractivity contribution in [3.05, 3.63) is 0 Å². The van der Waals surface area contributed by atoms with Crippen molar-refractivity contribution in [2.24, 2.45) is 17.6 Å². The average Bonchev–Trinajstić information content (AvgIpc) is 2.88. The molecule has 0 radical (unpaired) electrons. The molecule has 0 saturated carbocycles. The minimum absolute atomic E-state index is 0.299. The zero-order chi connectivity index (χ0) is 15.3. The number of hydrogen-bond acceptors (Lipinski definition) is 5. The number of nitrogens with two attached hydrogens (primary N) is 1. The summed E-state index contributed by atoms with van der Waals surface area (Å²) in [6.07, 6.45) is 1.34. The van der Waals surface area contributed by atoms with Gasteiger partial charge in [-0.2, -0.15) is 0 Å². The molecular weight excluding hydrogens is 262 g/mol. The molecule has 2 saturated heterocycles. The quantitative estimate of drug-likeness (QED) is 0.470. The molecule has 2 aliphatic heterocycles. The van der Waals surface area contributed by atoms with Gasteiger partial charge < -0.3 is 21.3 Å². The second-order valence-corrected chi connectivity index (χ2v) is 5.89. The predicted octanol–water partition coefficient (Wildman–Crippen LogP) is -0.535. The van der Waals surface area contributed by atoms with E-state index in [9.17, 15) is 9.59 Å². The van der Waals surface area contributed by atoms with E-state index in [0.717, 1.165) is 19.5 Å². The summed E-state index contributed by atoms with van der Waals surface area (Å²) in [5, 5.41) is 23.3. The third-order valence-corrected chi connectivity index (χ3v) is 3.63. The molecule has 0 spiro atoms. The van der Waals surface area contributed by atoms with Crippen LogP contribution < -0.4 is 16.4 Å². The van der Waals surface area contributed by atoms with Crippen molar-refractivity contribution in [3.8, 4) is 0 Å². The standard InChI is InChI=1S/C7H12N2O2.C6H13NO2/c10-7(11)5-1-4-2-8-3-6(4)9-5;1-4(2)3-5(7)6(8)9/h4-6,8-9H,1-3H2,(H,10,11);4-5H,3,7H2,1-2H3,(H,8,9)/t;5-/m.0/s1. The Morgan fingerprint density at radius 3 is 2.35 bits per heavy atom. The van der Waals surface area contributed by atoms with Gasteiger partial charge in [-0.1, -0.05) is 13.8 Å². The third kappa shape index (κ3) is 5.07. The van der Waals surface area contributed by atoms with Crippen molar-refractivity contribution in [2.45, 2.75) is 44.8 Å². The van der Waals surface area contributed by atoms with E-state index in [1.807, 2.05) is 13.8 Å². The summed E-state index contributed by atoms with van der Waals surface area (Å²) in [5.41, 5.74) is 5.22. The number of rotatable bonds is 4. The first-order valence-electron chi connectivity index (χ1n) is 6.99. The Labute approximate surface area is 118 Å². The Morgan fingerprint density at radius 1 is 1.30 bits per heavy atom. The van der Waals surface area contributed by atoms with E-state index >= 15 is 0 Å². The van der Waals surface area contributed by atoms with E-state index in [-0.39, 0.29) is 6.04 Å². The molecule has 2 rings (SSSR count). The smallest absolute Gasteiger partial charge is 0.320 e. The SMILES string of the molecule is CC(C)C[C@H](N)C(=O)O.O=C(O)C1CC2CNCC2N1. The maximum Gasteiger partial charge on any atom is 0.320 e. The topological polar surface area (TPSA) is 125 Å². The summed E-state index contributed by atoms with van der Waals surface area (Å²) in [6.45, 7) is 5.79. The Bertz CT molecular complexity index is 337. The number of nitrogens with one attached hydrogen (secondary N) is 2. The molecule has 0 aliphatic carbocycles. The Balaban J connectivity index is 0.000000206. The van der Waals surface area contributed by atoms with Crippen LogP contribution in [0.3, 0.4) is 0 Å². The van der Waals surface area contributed by atoms with Crippen LogP contribution >= 0.6 is 0 Å². The molecular formula is C13H25N3O4. The van der Waals surface area contributed by atoms with Gasteiger partial charge in [0, 0.05) is 12.6 Å². The molecule has 2 heterocycles. The first kappa shape index (κ1) is 16.9. The zero-order valence-corrected chi connectivity index (χ0v) is 12.0. The zero-order valence-electron chi connectivity index (χ0n) is 12.0. The lowest BCUT2D eigenvalue weighted by Crippen LogP contribution is -2.38. The summed E-state index contributed by atoms with van der Waals surface area (Å²) in [5.74, 6) is -0.727. The van der Waals surface area contributed by atoms with Crippen molar-refractivity contribution in [1.82, 2.24) is 10.6 Å². The van der Waals surface area contributed by atoms with Gasteiger partial charge >= 0.3 is 11.9 Å². The fourth-order valence-electron chi connectivity index (χ4n) is 2.59. The van der Waals surface area contributed by atoms with Crippen LogP contribution in [-0.4, -0.2) is 53.4 Å². The van der Waals surface area contributed by atoms with E-state index in [0.29, 0.717) is 24.3 Å². The number of aliphatic carboxylic acids is 2. The highest BCUT2D eigenvalue weighted by molar-refractivity contribution is 5.74. The summed E-state index contributed by atoms with van der Waals surface area (Å²) in [7, 11) is 0. The molecule has 0 aromatic carbocycles. The van der Waals surface area contributed by atoms with Crippen LogP contribution in [0.5, 0.6) is 0 Å². The maximum atomic E-state index is 10.5. The molecule has 20 heavy (non-hydrogen) atoms. The molecule has 2 aliphatic rings. The van der Waals surface area contributed by atoms with Crippen LogP contribution in [0, 0.1) is 11.8 Å². The number of carbonyl (C=O) groups is 2. The van der Waals surface area contributed by atoms with Gasteiger partial charge in [0.15, 0.2) is 0 Å². The van der Waals surface area contributed by atoms with Crippen LogP contribution in [0.1, 0.15) is 26.7 Å². The molecule has 2 fully saturated rings. The van der Waals surface area contributed by atoms with Crippen LogP contribution in [0.4, 0.5) is 0 Å². The molecule has 3 unspecified atom stereocenters. The van der Waals surface area contributed by atoms with Gasteiger partial charge in [-0.3, -0.25) is 14.9 Å². The summed E-state index contributed by atoms with van der Waals surface area (Å²) in [6, 6.07) is -0.590. The Hall–Kier alpha value is -1.18. The van der Waals surface area contributed by atoms with Crippen LogP contribution in [-0.2, 0) is 9.59 Å². The molecule has 7 heteroatoms. The van der Waals surface area contributed by atoms with Crippen LogP contribution in [0.2, 0.25) is 0 Å². The molecule has 0 bridgehead atoms. The van der Waals surface area contributed by atoms with Crippen LogP contribution in [0.15, 0.2) is 0 Å². The summed E-state index contributed by atoms with van der Waals surface area (Å²) in [4.78, 5) is 20.7. The fourth-order valence-corrected chi connectivity index (χ4v) is 2.59. The van der Waals surface area contributed by atoms with Gasteiger partial charge in [0.25, 0.3) is 0 Å². The number of hydrogen-bond donors (Lipinski definition) is 5. The van der Waals surface area contributed by atoms with Gasteiger partial charge in [0.1, 0.15) is 12.1 Å². The average molecular weight is 287 g/mol. The van der Waals surface area contributed by atoms with E-state index < -0.39 is 18.0 Å². The lowest BCUT2D eigenvalue weighted by atomic mass is 10.0. The highest BCUT2D eigenvalue weighted by Crippen LogP contribution is 2.23. The van der Waals surface area contributed by atoms with Crippen molar-refractivity contribution < 1.29 is 19.8 Å². The molecule has 0 aromatic heterocycles.